The maximum absolute atomic E-state index is 12.6. The third-order valence-electron chi connectivity index (χ3n) is 4.19. The zero-order valence-corrected chi connectivity index (χ0v) is 13.1. The zero-order chi connectivity index (χ0) is 14.8. The Bertz CT molecular complexity index is 537. The fraction of sp³-hybridized carbons (Fsp3) is 0.600. The van der Waals surface area contributed by atoms with Crippen molar-refractivity contribution in [2.24, 2.45) is 11.8 Å². The van der Waals surface area contributed by atoms with E-state index in [1.54, 1.807) is 28.6 Å². The van der Waals surface area contributed by atoms with Crippen molar-refractivity contribution in [3.63, 3.8) is 0 Å². The highest BCUT2D eigenvalue weighted by atomic mass is 32.2. The number of nitrogens with two attached hydrogens (primary N) is 1. The van der Waals surface area contributed by atoms with Gasteiger partial charge in [-0.15, -0.1) is 0 Å². The van der Waals surface area contributed by atoms with Crippen LogP contribution in [-0.2, 0) is 10.0 Å². The van der Waals surface area contributed by atoms with Crippen LogP contribution in [-0.4, -0.2) is 25.8 Å². The molecule has 112 valence electrons. The van der Waals surface area contributed by atoms with Crippen molar-refractivity contribution in [2.45, 2.75) is 38.0 Å². The summed E-state index contributed by atoms with van der Waals surface area (Å²) in [5.41, 5.74) is 6.20. The third kappa shape index (κ3) is 3.33. The molecule has 1 aliphatic rings. The molecule has 0 saturated carbocycles. The van der Waals surface area contributed by atoms with Crippen molar-refractivity contribution in [1.29, 1.82) is 0 Å². The van der Waals surface area contributed by atoms with Crippen LogP contribution in [0.4, 0.5) is 5.69 Å². The highest BCUT2D eigenvalue weighted by molar-refractivity contribution is 7.89. The van der Waals surface area contributed by atoms with Crippen LogP contribution in [0.25, 0.3) is 0 Å². The van der Waals surface area contributed by atoms with Gasteiger partial charge in [0.25, 0.3) is 0 Å². The first-order valence-electron chi connectivity index (χ1n) is 7.27. The zero-order valence-electron chi connectivity index (χ0n) is 12.2. The van der Waals surface area contributed by atoms with Crippen LogP contribution < -0.4 is 5.73 Å². The van der Waals surface area contributed by atoms with Gasteiger partial charge in [0.15, 0.2) is 0 Å². The highest BCUT2D eigenvalue weighted by Gasteiger charge is 2.28. The average Bonchev–Trinajstić information content (AvgIpc) is 2.65. The van der Waals surface area contributed by atoms with E-state index in [1.807, 2.05) is 0 Å². The number of hydrogen-bond donors (Lipinski definition) is 1. The predicted molar refractivity (Wildman–Crippen MR) is 81.8 cm³/mol. The van der Waals surface area contributed by atoms with E-state index in [4.69, 9.17) is 5.73 Å². The lowest BCUT2D eigenvalue weighted by Crippen LogP contribution is -2.32. The number of hydrogen-bond acceptors (Lipinski definition) is 3. The Balaban J connectivity index is 2.16. The maximum Gasteiger partial charge on any atom is 0.243 e. The molecular weight excluding hydrogens is 272 g/mol. The molecule has 4 nitrogen and oxygen atoms in total. The maximum atomic E-state index is 12.6. The molecule has 5 heteroatoms. The molecule has 1 fully saturated rings. The van der Waals surface area contributed by atoms with E-state index in [-0.39, 0.29) is 0 Å². The van der Waals surface area contributed by atoms with Crippen molar-refractivity contribution in [2.75, 3.05) is 18.8 Å². The fourth-order valence-corrected chi connectivity index (χ4v) is 4.29. The van der Waals surface area contributed by atoms with Gasteiger partial charge in [-0.25, -0.2) is 8.42 Å². The summed E-state index contributed by atoms with van der Waals surface area (Å²) in [5.74, 6) is 1.25. The molecule has 1 atom stereocenters. The van der Waals surface area contributed by atoms with E-state index in [1.165, 1.54) is 0 Å². The Morgan fingerprint density at radius 2 is 1.80 bits per heavy atom. The Morgan fingerprint density at radius 1 is 1.15 bits per heavy atom. The highest BCUT2D eigenvalue weighted by Crippen LogP contribution is 2.27. The summed E-state index contributed by atoms with van der Waals surface area (Å²) in [6.07, 6.45) is 3.01. The van der Waals surface area contributed by atoms with Crippen LogP contribution in [0.15, 0.2) is 29.2 Å². The van der Waals surface area contributed by atoms with Gasteiger partial charge in [0.1, 0.15) is 0 Å². The first-order valence-corrected chi connectivity index (χ1v) is 8.71. The quantitative estimate of drug-likeness (QED) is 0.872. The molecule has 1 unspecified atom stereocenters. The number of sulfonamides is 1. The monoisotopic (exact) mass is 296 g/mol. The van der Waals surface area contributed by atoms with Gasteiger partial charge in [-0.1, -0.05) is 13.8 Å². The van der Waals surface area contributed by atoms with Gasteiger partial charge in [-0.2, -0.15) is 4.31 Å². The molecule has 0 radical (unpaired) electrons. The minimum atomic E-state index is -3.37. The van der Waals surface area contributed by atoms with Crippen molar-refractivity contribution < 1.29 is 8.42 Å². The van der Waals surface area contributed by atoms with Gasteiger partial charge >= 0.3 is 0 Å². The fourth-order valence-electron chi connectivity index (χ4n) is 2.79. The lowest BCUT2D eigenvalue weighted by molar-refractivity contribution is 0.341. The molecule has 0 spiro atoms. The molecule has 1 heterocycles. The Labute approximate surface area is 122 Å². The summed E-state index contributed by atoms with van der Waals surface area (Å²) in [5, 5.41) is 0. The second kappa shape index (κ2) is 6.14. The molecule has 1 aromatic rings. The number of anilines is 1. The van der Waals surface area contributed by atoms with Gasteiger partial charge in [0, 0.05) is 18.8 Å². The van der Waals surface area contributed by atoms with E-state index in [0.29, 0.717) is 35.5 Å². The minimum absolute atomic E-state index is 0.342. The van der Waals surface area contributed by atoms with Crippen molar-refractivity contribution in [3.05, 3.63) is 24.3 Å². The second-order valence-corrected chi connectivity index (χ2v) is 7.85. The van der Waals surface area contributed by atoms with Crippen LogP contribution in [0, 0.1) is 11.8 Å². The Hall–Kier alpha value is -1.07. The van der Waals surface area contributed by atoms with Crippen LogP contribution in [0.3, 0.4) is 0 Å². The summed E-state index contributed by atoms with van der Waals surface area (Å²) >= 11 is 0. The number of rotatable bonds is 3. The lowest BCUT2D eigenvalue weighted by atomic mass is 9.89. The first-order chi connectivity index (χ1) is 9.41. The van der Waals surface area contributed by atoms with Gasteiger partial charge < -0.3 is 5.73 Å². The van der Waals surface area contributed by atoms with Crippen molar-refractivity contribution in [3.8, 4) is 0 Å². The largest absolute Gasteiger partial charge is 0.399 e. The molecule has 2 N–H and O–H groups in total. The standard InChI is InChI=1S/C15H24N2O2S/c1-12(2)13-4-3-10-17(11-9-13)20(18,19)15-7-5-14(16)6-8-15/h5-8,12-13H,3-4,9-11,16H2,1-2H3. The topological polar surface area (TPSA) is 63.4 Å². The van der Waals surface area contributed by atoms with Crippen LogP contribution >= 0.6 is 0 Å². The number of nitrogens with zero attached hydrogens (tertiary/aromatic N) is 1. The average molecular weight is 296 g/mol. The SMILES string of the molecule is CC(C)C1CCCN(S(=O)(=O)c2ccc(N)cc2)CC1. The van der Waals surface area contributed by atoms with Crippen LogP contribution in [0.1, 0.15) is 33.1 Å². The Kier molecular flexibility index (Phi) is 4.70. The predicted octanol–water partition coefficient (Wildman–Crippen LogP) is 2.72. The van der Waals surface area contributed by atoms with E-state index in [2.05, 4.69) is 13.8 Å². The number of benzene rings is 1. The van der Waals surface area contributed by atoms with Gasteiger partial charge in [-0.05, 0) is 55.4 Å². The van der Waals surface area contributed by atoms with E-state index < -0.39 is 10.0 Å². The third-order valence-corrected chi connectivity index (χ3v) is 6.11. The molecule has 1 aromatic carbocycles. The molecule has 1 aliphatic heterocycles. The van der Waals surface area contributed by atoms with Gasteiger partial charge in [0.2, 0.25) is 10.0 Å². The van der Waals surface area contributed by atoms with E-state index in [9.17, 15) is 8.42 Å². The number of nitrogen functional groups attached to an aromatic ring is 1. The molecule has 0 aromatic heterocycles. The lowest BCUT2D eigenvalue weighted by Gasteiger charge is -2.21. The van der Waals surface area contributed by atoms with Crippen molar-refractivity contribution >= 4 is 15.7 Å². The van der Waals surface area contributed by atoms with Crippen molar-refractivity contribution in [1.82, 2.24) is 4.31 Å². The summed E-state index contributed by atoms with van der Waals surface area (Å²) in [4.78, 5) is 0.342. The van der Waals surface area contributed by atoms with Crippen LogP contribution in [0.5, 0.6) is 0 Å². The molecule has 20 heavy (non-hydrogen) atoms. The summed E-state index contributed by atoms with van der Waals surface area (Å²) < 4.78 is 26.9. The minimum Gasteiger partial charge on any atom is -0.399 e. The van der Waals surface area contributed by atoms with Gasteiger partial charge in [-0.3, -0.25) is 0 Å². The summed E-state index contributed by atoms with van der Waals surface area (Å²) in [6.45, 7) is 5.68. The normalized spacial score (nSPS) is 21.9. The molecule has 1 saturated heterocycles. The molecule has 0 aliphatic carbocycles. The molecule has 2 rings (SSSR count). The smallest absolute Gasteiger partial charge is 0.243 e. The van der Waals surface area contributed by atoms with E-state index >= 15 is 0 Å². The Morgan fingerprint density at radius 3 is 2.40 bits per heavy atom. The van der Waals surface area contributed by atoms with Gasteiger partial charge in [0.05, 0.1) is 4.90 Å². The summed E-state index contributed by atoms with van der Waals surface area (Å²) in [7, 11) is -3.37. The second-order valence-electron chi connectivity index (χ2n) is 5.91. The molecule has 0 bridgehead atoms. The molecule has 0 amide bonds. The molecular formula is C15H24N2O2S. The summed E-state index contributed by atoms with van der Waals surface area (Å²) in [6, 6.07) is 6.47. The van der Waals surface area contributed by atoms with E-state index in [0.717, 1.165) is 19.3 Å². The first kappa shape index (κ1) is 15.3. The van der Waals surface area contributed by atoms with Crippen LogP contribution in [0.2, 0.25) is 0 Å².